The van der Waals surface area contributed by atoms with E-state index in [0.717, 1.165) is 19.2 Å². The minimum Gasteiger partial charge on any atom is -0.743 e. The van der Waals surface area contributed by atoms with Gasteiger partial charge in [-0.05, 0) is 93.6 Å². The van der Waals surface area contributed by atoms with Crippen molar-refractivity contribution in [2.45, 2.75) is 70.4 Å². The van der Waals surface area contributed by atoms with Crippen LogP contribution < -0.4 is 14.2 Å². The molecule has 3 aromatic rings. The highest BCUT2D eigenvalue weighted by Gasteiger charge is 2.73. The molecule has 0 amide bonds. The Kier molecular flexibility index (Phi) is 12.7. The Morgan fingerprint density at radius 1 is 0.700 bits per heavy atom. The maximum atomic E-state index is 13.9. The van der Waals surface area contributed by atoms with Crippen molar-refractivity contribution in [3.63, 3.8) is 0 Å². The first kappa shape index (κ1) is 41.0. The van der Waals surface area contributed by atoms with E-state index in [0.29, 0.717) is 20.4 Å². The molecule has 0 radical (unpaired) electrons. The number of alkyl halides is 9. The molecule has 0 N–H and O–H groups in total. The first-order valence-corrected chi connectivity index (χ1v) is 16.8. The van der Waals surface area contributed by atoms with E-state index in [2.05, 4.69) is 9.47 Å². The van der Waals surface area contributed by atoms with Crippen LogP contribution in [0, 0.1) is 0 Å². The number of methoxy groups -OCH3 is 1. The van der Waals surface area contributed by atoms with Gasteiger partial charge in [0.15, 0.2) is 24.8 Å². The van der Waals surface area contributed by atoms with Crippen LogP contribution in [0.25, 0.3) is 0 Å². The summed E-state index contributed by atoms with van der Waals surface area (Å²) in [5.74, 6) is 0.000216. The van der Waals surface area contributed by atoms with Gasteiger partial charge < -0.3 is 28.2 Å². The molecule has 3 aromatic carbocycles. The normalized spacial score (nSPS) is 14.6. The summed E-state index contributed by atoms with van der Waals surface area (Å²) in [5.41, 5.74) is -5.22. The fourth-order valence-corrected chi connectivity index (χ4v) is 6.47. The lowest BCUT2D eigenvalue weighted by Crippen LogP contribution is -2.62. The van der Waals surface area contributed by atoms with E-state index < -0.39 is 76.0 Å². The summed E-state index contributed by atoms with van der Waals surface area (Å²) in [5, 5.41) is -5.23. The maximum absolute atomic E-state index is 13.9. The van der Waals surface area contributed by atoms with Gasteiger partial charge in [0.25, 0.3) is 5.60 Å². The van der Waals surface area contributed by atoms with Crippen LogP contribution in [-0.2, 0) is 30.5 Å². The molecular weight excluding hydrogens is 735 g/mol. The van der Waals surface area contributed by atoms with Crippen LogP contribution in [0.1, 0.15) is 20.8 Å². The molecule has 0 fully saturated rings. The number of hydrogen-bond donors (Lipinski definition) is 0. The third-order valence-corrected chi connectivity index (χ3v) is 9.63. The van der Waals surface area contributed by atoms with Gasteiger partial charge in [-0.15, -0.1) is 0 Å². The van der Waals surface area contributed by atoms with Crippen LogP contribution in [0.2, 0.25) is 0 Å². The van der Waals surface area contributed by atoms with Crippen LogP contribution >= 0.6 is 0 Å². The number of rotatable bonds is 15. The van der Waals surface area contributed by atoms with Crippen molar-refractivity contribution < 1.29 is 76.2 Å². The second-order valence-corrected chi connectivity index (χ2v) is 14.9. The van der Waals surface area contributed by atoms with Gasteiger partial charge in [0.2, 0.25) is 6.17 Å². The van der Waals surface area contributed by atoms with Crippen molar-refractivity contribution in [1.29, 1.82) is 0 Å². The molecule has 0 bridgehead atoms. The number of benzene rings is 3. The Morgan fingerprint density at radius 2 is 1.10 bits per heavy atom. The molecule has 2 unspecified atom stereocenters. The Balaban J connectivity index is 1.93. The Bertz CT molecular complexity index is 1630. The van der Waals surface area contributed by atoms with Crippen molar-refractivity contribution in [2.75, 3.05) is 27.1 Å². The summed E-state index contributed by atoms with van der Waals surface area (Å²) < 4.78 is 179. The Labute approximate surface area is 284 Å². The van der Waals surface area contributed by atoms with E-state index in [1.54, 1.807) is 24.3 Å². The minimum atomic E-state index is -6.30. The largest absolute Gasteiger partial charge is 0.743 e. The smallest absolute Gasteiger partial charge is 0.430 e. The minimum absolute atomic E-state index is 0.162. The van der Waals surface area contributed by atoms with Crippen LogP contribution in [0.15, 0.2) is 87.5 Å². The molecule has 19 heteroatoms. The second kappa shape index (κ2) is 15.5. The number of halogens is 9. The molecule has 0 saturated heterocycles. The molecular formula is C31H31F9O8S2. The zero-order chi connectivity index (χ0) is 37.8. The average Bonchev–Trinajstić information content (AvgIpc) is 2.99. The number of hydrogen-bond acceptors (Lipinski definition) is 8. The molecule has 0 aliphatic heterocycles. The van der Waals surface area contributed by atoms with Gasteiger partial charge >= 0.3 is 17.6 Å². The van der Waals surface area contributed by atoms with Gasteiger partial charge in [0, 0.05) is 7.11 Å². The first-order valence-electron chi connectivity index (χ1n) is 14.1. The average molecular weight is 767 g/mol. The fraction of sp³-hybridized carbons (Fsp3) is 0.419. The fourth-order valence-electron chi connectivity index (χ4n) is 4.05. The lowest BCUT2D eigenvalue weighted by Gasteiger charge is -2.36. The summed E-state index contributed by atoms with van der Waals surface area (Å²) in [6, 6.07) is 17.3. The summed E-state index contributed by atoms with van der Waals surface area (Å²) in [4.78, 5) is 1.67. The van der Waals surface area contributed by atoms with Crippen molar-refractivity contribution in [1.82, 2.24) is 0 Å². The molecule has 0 aliphatic carbocycles. The van der Waals surface area contributed by atoms with Crippen molar-refractivity contribution in [3.05, 3.63) is 72.8 Å². The molecule has 0 aromatic heterocycles. The van der Waals surface area contributed by atoms with Crippen LogP contribution in [-0.4, -0.2) is 75.1 Å². The Morgan fingerprint density at radius 3 is 1.46 bits per heavy atom. The van der Waals surface area contributed by atoms with Crippen LogP contribution in [0.5, 0.6) is 17.2 Å². The molecule has 0 saturated carbocycles. The van der Waals surface area contributed by atoms with E-state index in [9.17, 15) is 52.5 Å². The zero-order valence-electron chi connectivity index (χ0n) is 26.6. The van der Waals surface area contributed by atoms with Gasteiger partial charge in [0.1, 0.15) is 42.9 Å². The van der Waals surface area contributed by atoms with E-state index in [1.165, 1.54) is 36.4 Å². The highest BCUT2D eigenvalue weighted by molar-refractivity contribution is 7.97. The predicted molar refractivity (Wildman–Crippen MR) is 160 cm³/mol. The standard InChI is InChI=1S/C31H31F9O8S2/c1-27(2,3)48-22-9-15-25(16-10-22)49(23-11-5-20(6-12-23)45-17-26(32)29(33,34)50(41,42)43)24-13-7-21(8-14-24)46-18-28(30(35,36)37,31(38,39)40)47-19-44-4/h5-16,26H,17-19H2,1-4H3. The van der Waals surface area contributed by atoms with Gasteiger partial charge in [-0.3, -0.25) is 0 Å². The van der Waals surface area contributed by atoms with Gasteiger partial charge in [-0.1, -0.05) is 0 Å². The van der Waals surface area contributed by atoms with Gasteiger partial charge in [-0.2, -0.15) is 35.1 Å². The summed E-state index contributed by atoms with van der Waals surface area (Å²) >= 11 is 0. The molecule has 50 heavy (non-hydrogen) atoms. The third kappa shape index (κ3) is 9.89. The quantitative estimate of drug-likeness (QED) is 0.0672. The molecule has 0 heterocycles. The van der Waals surface area contributed by atoms with Crippen molar-refractivity contribution in [3.8, 4) is 17.2 Å². The maximum Gasteiger partial charge on any atom is 0.430 e. The third-order valence-electron chi connectivity index (χ3n) is 6.48. The SMILES string of the molecule is COCOC(COc1ccc([S+](c2ccc(OCC(F)C(F)(F)S(=O)(=O)[O-])cc2)c2ccc(OC(C)(C)C)cc2)cc1)(C(F)(F)F)C(F)(F)F. The van der Waals surface area contributed by atoms with Crippen LogP contribution in [0.4, 0.5) is 39.5 Å². The topological polar surface area (TPSA) is 103 Å². The molecule has 0 aliphatic rings. The molecule has 2 atom stereocenters. The zero-order valence-corrected chi connectivity index (χ0v) is 28.2. The van der Waals surface area contributed by atoms with Crippen molar-refractivity contribution in [2.24, 2.45) is 0 Å². The molecule has 8 nitrogen and oxygen atoms in total. The van der Waals surface area contributed by atoms with Crippen molar-refractivity contribution >= 4 is 21.0 Å². The predicted octanol–water partition coefficient (Wildman–Crippen LogP) is 7.68. The lowest BCUT2D eigenvalue weighted by molar-refractivity contribution is -0.397. The Hall–Kier alpha value is -3.39. The summed E-state index contributed by atoms with van der Waals surface area (Å²) in [6.07, 6.45) is -15.3. The van der Waals surface area contributed by atoms with Crippen LogP contribution in [0.3, 0.4) is 0 Å². The van der Waals surface area contributed by atoms with E-state index in [4.69, 9.17) is 14.2 Å². The lowest BCUT2D eigenvalue weighted by atomic mass is 10.0. The van der Waals surface area contributed by atoms with E-state index in [-0.39, 0.29) is 11.5 Å². The highest BCUT2D eigenvalue weighted by Crippen LogP contribution is 2.46. The molecule has 3 rings (SSSR count). The second-order valence-electron chi connectivity index (χ2n) is 11.4. The van der Waals surface area contributed by atoms with Gasteiger partial charge in [0.05, 0.1) is 10.9 Å². The summed E-state index contributed by atoms with van der Waals surface area (Å²) in [7, 11) is -6.48. The highest BCUT2D eigenvalue weighted by atomic mass is 32.2. The molecule has 278 valence electrons. The van der Waals surface area contributed by atoms with Gasteiger partial charge in [-0.25, -0.2) is 12.8 Å². The monoisotopic (exact) mass is 766 g/mol. The van der Waals surface area contributed by atoms with E-state index in [1.807, 2.05) is 20.8 Å². The number of ether oxygens (including phenoxy) is 5. The van der Waals surface area contributed by atoms with E-state index >= 15 is 0 Å². The first-order chi connectivity index (χ1) is 22.9. The molecule has 0 spiro atoms. The summed E-state index contributed by atoms with van der Waals surface area (Å²) in [6.45, 7) is 0.746.